The highest BCUT2D eigenvalue weighted by atomic mass is 16.5. The van der Waals surface area contributed by atoms with E-state index in [1.165, 1.54) is 7.11 Å². The molecular formula is C32H28N2O5. The third kappa shape index (κ3) is 4.46. The molecule has 0 spiro atoms. The van der Waals surface area contributed by atoms with Crippen LogP contribution in [0.25, 0.3) is 0 Å². The van der Waals surface area contributed by atoms with E-state index in [0.717, 1.165) is 23.3 Å². The molecule has 0 fully saturated rings. The molecular weight excluding hydrogens is 492 g/mol. The Kier molecular flexibility index (Phi) is 6.40. The van der Waals surface area contributed by atoms with E-state index in [-0.39, 0.29) is 11.8 Å². The predicted molar refractivity (Wildman–Crippen MR) is 148 cm³/mol. The van der Waals surface area contributed by atoms with Crippen molar-refractivity contribution in [3.05, 3.63) is 113 Å². The molecule has 0 bridgehead atoms. The highest BCUT2D eigenvalue weighted by molar-refractivity contribution is 6.05. The van der Waals surface area contributed by atoms with Gasteiger partial charge >= 0.3 is 0 Å². The zero-order valence-corrected chi connectivity index (χ0v) is 21.7. The normalized spacial score (nSPS) is 17.4. The molecule has 4 aromatic rings. The first-order valence-electron chi connectivity index (χ1n) is 12.9. The quantitative estimate of drug-likeness (QED) is 0.339. The van der Waals surface area contributed by atoms with Gasteiger partial charge in [-0.1, -0.05) is 42.5 Å². The van der Waals surface area contributed by atoms with Crippen molar-refractivity contribution in [2.24, 2.45) is 0 Å². The van der Waals surface area contributed by atoms with Crippen molar-refractivity contribution in [2.45, 2.75) is 18.4 Å². The Bertz CT molecular complexity index is 1530. The largest absolute Gasteiger partial charge is 0.493 e. The first-order valence-corrected chi connectivity index (χ1v) is 12.9. The van der Waals surface area contributed by atoms with E-state index in [1.54, 1.807) is 19.2 Å². The molecule has 2 heterocycles. The number of carbonyl (C=O) groups excluding carboxylic acids is 2. The van der Waals surface area contributed by atoms with Gasteiger partial charge < -0.3 is 24.4 Å². The molecule has 1 N–H and O–H groups in total. The number of rotatable bonds is 6. The number of ether oxygens (including phenoxy) is 3. The summed E-state index contributed by atoms with van der Waals surface area (Å²) in [7, 11) is 3.08. The first-order chi connectivity index (χ1) is 19.1. The number of nitrogens with one attached hydrogen (secondary N) is 1. The van der Waals surface area contributed by atoms with Crippen LogP contribution >= 0.6 is 0 Å². The Morgan fingerprint density at radius 1 is 0.821 bits per heavy atom. The minimum Gasteiger partial charge on any atom is -0.493 e. The summed E-state index contributed by atoms with van der Waals surface area (Å²) in [5, 5.41) is 3.08. The molecule has 2 amide bonds. The molecule has 39 heavy (non-hydrogen) atoms. The van der Waals surface area contributed by atoms with Gasteiger partial charge in [-0.2, -0.15) is 0 Å². The number of methoxy groups -OCH3 is 2. The van der Waals surface area contributed by atoms with E-state index in [0.29, 0.717) is 40.6 Å². The van der Waals surface area contributed by atoms with Crippen molar-refractivity contribution in [1.82, 2.24) is 4.90 Å². The third-order valence-corrected chi connectivity index (χ3v) is 7.41. The minimum atomic E-state index is -0.654. The second-order valence-corrected chi connectivity index (χ2v) is 9.59. The number of carbonyl (C=O) groups is 2. The van der Waals surface area contributed by atoms with Crippen molar-refractivity contribution in [2.75, 3.05) is 26.1 Å². The van der Waals surface area contributed by atoms with Crippen LogP contribution in [0, 0.1) is 0 Å². The molecule has 2 aliphatic rings. The lowest BCUT2D eigenvalue weighted by atomic mass is 9.75. The van der Waals surface area contributed by atoms with Gasteiger partial charge in [0.1, 0.15) is 11.5 Å². The maximum Gasteiger partial charge on any atom is 0.254 e. The molecule has 2 atom stereocenters. The van der Waals surface area contributed by atoms with E-state index < -0.39 is 12.0 Å². The molecule has 0 aromatic heterocycles. The lowest BCUT2D eigenvalue weighted by Gasteiger charge is -2.45. The monoisotopic (exact) mass is 520 g/mol. The Morgan fingerprint density at radius 2 is 1.49 bits per heavy atom. The van der Waals surface area contributed by atoms with E-state index in [2.05, 4.69) is 11.4 Å². The van der Waals surface area contributed by atoms with Gasteiger partial charge in [0.25, 0.3) is 5.91 Å². The van der Waals surface area contributed by atoms with Crippen LogP contribution in [0.2, 0.25) is 0 Å². The Labute approximate surface area is 226 Å². The van der Waals surface area contributed by atoms with Gasteiger partial charge in [0.05, 0.1) is 26.2 Å². The molecule has 7 heteroatoms. The molecule has 2 aliphatic heterocycles. The summed E-state index contributed by atoms with van der Waals surface area (Å²) < 4.78 is 16.9. The fourth-order valence-electron chi connectivity index (χ4n) is 5.58. The average Bonchev–Trinajstić information content (AvgIpc) is 2.98. The average molecular weight is 521 g/mol. The van der Waals surface area contributed by atoms with Gasteiger partial charge in [0.15, 0.2) is 11.5 Å². The van der Waals surface area contributed by atoms with Crippen LogP contribution in [0.5, 0.6) is 23.0 Å². The molecule has 0 saturated carbocycles. The molecule has 0 unspecified atom stereocenters. The number of amides is 2. The lowest BCUT2D eigenvalue weighted by Crippen LogP contribution is -2.49. The zero-order chi connectivity index (χ0) is 26.9. The Balaban J connectivity index is 1.37. The molecule has 4 aromatic carbocycles. The van der Waals surface area contributed by atoms with Crippen LogP contribution in [-0.4, -0.2) is 37.5 Å². The summed E-state index contributed by atoms with van der Waals surface area (Å²) in [6.45, 7) is 0.531. The molecule has 0 radical (unpaired) electrons. The summed E-state index contributed by atoms with van der Waals surface area (Å²) >= 11 is 0. The minimum absolute atomic E-state index is 0.114. The fraction of sp³-hybridized carbons (Fsp3) is 0.188. The van der Waals surface area contributed by atoms with Crippen molar-refractivity contribution < 1.29 is 23.8 Å². The summed E-state index contributed by atoms with van der Waals surface area (Å²) in [6, 6.07) is 27.8. The topological polar surface area (TPSA) is 77.1 Å². The highest BCUT2D eigenvalue weighted by Gasteiger charge is 2.47. The van der Waals surface area contributed by atoms with E-state index in [1.807, 2.05) is 77.7 Å². The van der Waals surface area contributed by atoms with Crippen LogP contribution in [0.3, 0.4) is 0 Å². The summed E-state index contributed by atoms with van der Waals surface area (Å²) in [6.07, 6.45) is 0.734. The van der Waals surface area contributed by atoms with Gasteiger partial charge in [-0.25, -0.2) is 0 Å². The SMILES string of the molecule is COc1cc2c(cc1OC)[C@@H](C(=O)Nc1ccc(Oc3ccccc3)cc1)[C@@H]1c3ccccc3CCN1C2=O. The van der Waals surface area contributed by atoms with E-state index in [4.69, 9.17) is 14.2 Å². The summed E-state index contributed by atoms with van der Waals surface area (Å²) in [4.78, 5) is 29.6. The predicted octanol–water partition coefficient (Wildman–Crippen LogP) is 5.97. The molecule has 6 rings (SSSR count). The van der Waals surface area contributed by atoms with Crippen molar-refractivity contribution >= 4 is 17.5 Å². The van der Waals surface area contributed by atoms with Crippen LogP contribution in [0.15, 0.2) is 91.0 Å². The maximum atomic E-state index is 14.1. The van der Waals surface area contributed by atoms with Gasteiger partial charge in [-0.05, 0) is 71.6 Å². The lowest BCUT2D eigenvalue weighted by molar-refractivity contribution is -0.119. The van der Waals surface area contributed by atoms with Crippen LogP contribution in [0.1, 0.15) is 39.0 Å². The Hall–Kier alpha value is -4.78. The second-order valence-electron chi connectivity index (χ2n) is 9.59. The maximum absolute atomic E-state index is 14.1. The van der Waals surface area contributed by atoms with Crippen LogP contribution < -0.4 is 19.5 Å². The number of nitrogens with zero attached hydrogens (tertiary/aromatic N) is 1. The van der Waals surface area contributed by atoms with Gasteiger partial charge in [0, 0.05) is 17.8 Å². The molecule has 7 nitrogen and oxygen atoms in total. The second kappa shape index (κ2) is 10.2. The van der Waals surface area contributed by atoms with Crippen molar-refractivity contribution in [3.63, 3.8) is 0 Å². The third-order valence-electron chi connectivity index (χ3n) is 7.41. The number of para-hydroxylation sites is 1. The van der Waals surface area contributed by atoms with Gasteiger partial charge in [0.2, 0.25) is 5.91 Å². The molecule has 0 saturated heterocycles. The number of anilines is 1. The number of benzene rings is 4. The summed E-state index contributed by atoms with van der Waals surface area (Å²) in [5.74, 6) is 1.35. The van der Waals surface area contributed by atoms with E-state index >= 15 is 0 Å². The van der Waals surface area contributed by atoms with Crippen LogP contribution in [0.4, 0.5) is 5.69 Å². The summed E-state index contributed by atoms with van der Waals surface area (Å²) in [5.41, 5.74) is 3.85. The van der Waals surface area contributed by atoms with Crippen molar-refractivity contribution in [3.8, 4) is 23.0 Å². The number of fused-ring (bicyclic) bond motifs is 4. The molecule has 196 valence electrons. The molecule has 0 aliphatic carbocycles. The highest BCUT2D eigenvalue weighted by Crippen LogP contribution is 2.48. The standard InChI is InChI=1S/C32H28N2O5/c1-37-27-18-25-26(19-28(27)38-2)32(36)34-17-16-20-8-6-7-11-24(20)30(34)29(25)31(35)33-21-12-14-23(15-13-21)39-22-9-4-3-5-10-22/h3-15,18-19,29-30H,16-17H2,1-2H3,(H,33,35)/t29-,30+/m1/s1. The van der Waals surface area contributed by atoms with E-state index in [9.17, 15) is 9.59 Å². The van der Waals surface area contributed by atoms with Gasteiger partial charge in [-0.15, -0.1) is 0 Å². The first kappa shape index (κ1) is 24.6. The number of hydrogen-bond acceptors (Lipinski definition) is 5. The zero-order valence-electron chi connectivity index (χ0n) is 21.7. The Morgan fingerprint density at radius 3 is 2.23 bits per heavy atom. The van der Waals surface area contributed by atoms with Crippen LogP contribution in [-0.2, 0) is 11.2 Å². The van der Waals surface area contributed by atoms with Crippen molar-refractivity contribution in [1.29, 1.82) is 0 Å². The fourth-order valence-corrected chi connectivity index (χ4v) is 5.58. The van der Waals surface area contributed by atoms with Gasteiger partial charge in [-0.3, -0.25) is 9.59 Å². The smallest absolute Gasteiger partial charge is 0.254 e. The number of hydrogen-bond donors (Lipinski definition) is 1.